The largest absolute Gasteiger partial charge is 0.397 e. The van der Waals surface area contributed by atoms with Gasteiger partial charge in [-0.2, -0.15) is 0 Å². The smallest absolute Gasteiger partial charge is 0.242 e. The maximum Gasteiger partial charge on any atom is 0.242 e. The standard InChI is InChI=1S/C14H23N3O3S/c1-16(2)21(18,19)12-4-5-14(13(15)10-12)17(3)11-6-8-20-9-7-11/h4-5,10-11H,6-9,15H2,1-3H3. The summed E-state index contributed by atoms with van der Waals surface area (Å²) >= 11 is 0. The van der Waals surface area contributed by atoms with Gasteiger partial charge in [-0.3, -0.25) is 0 Å². The van der Waals surface area contributed by atoms with E-state index in [0.717, 1.165) is 31.7 Å². The summed E-state index contributed by atoms with van der Waals surface area (Å²) in [6.45, 7) is 1.50. The van der Waals surface area contributed by atoms with E-state index in [-0.39, 0.29) is 4.90 Å². The fraction of sp³-hybridized carbons (Fsp3) is 0.571. The molecule has 1 saturated heterocycles. The van der Waals surface area contributed by atoms with E-state index in [1.165, 1.54) is 24.5 Å². The molecule has 2 rings (SSSR count). The van der Waals surface area contributed by atoms with E-state index in [1.54, 1.807) is 12.1 Å². The summed E-state index contributed by atoms with van der Waals surface area (Å²) in [5.74, 6) is 0. The minimum absolute atomic E-state index is 0.217. The SMILES string of the molecule is CN(c1ccc(S(=O)(=O)N(C)C)cc1N)C1CCOCC1. The van der Waals surface area contributed by atoms with Crippen LogP contribution in [-0.2, 0) is 14.8 Å². The van der Waals surface area contributed by atoms with Gasteiger partial charge in [0.25, 0.3) is 0 Å². The summed E-state index contributed by atoms with van der Waals surface area (Å²) in [4.78, 5) is 2.33. The van der Waals surface area contributed by atoms with Crippen LogP contribution in [-0.4, -0.2) is 53.1 Å². The maximum atomic E-state index is 12.1. The normalized spacial score (nSPS) is 17.1. The molecule has 1 aromatic carbocycles. The molecule has 0 bridgehead atoms. The predicted octanol–water partition coefficient (Wildman–Crippen LogP) is 1.13. The minimum Gasteiger partial charge on any atom is -0.397 e. The van der Waals surface area contributed by atoms with E-state index in [2.05, 4.69) is 4.90 Å². The third kappa shape index (κ3) is 3.30. The molecule has 0 atom stereocenters. The van der Waals surface area contributed by atoms with Gasteiger partial charge in [0.2, 0.25) is 10.0 Å². The molecule has 0 aromatic heterocycles. The lowest BCUT2D eigenvalue weighted by atomic mass is 10.1. The number of rotatable bonds is 4. The van der Waals surface area contributed by atoms with Crippen LogP contribution in [0.5, 0.6) is 0 Å². The number of hydrogen-bond acceptors (Lipinski definition) is 5. The summed E-state index contributed by atoms with van der Waals surface area (Å²) in [5.41, 5.74) is 7.41. The Hall–Kier alpha value is -1.31. The van der Waals surface area contributed by atoms with Crippen molar-refractivity contribution >= 4 is 21.4 Å². The van der Waals surface area contributed by atoms with Gasteiger partial charge in [0.1, 0.15) is 0 Å². The van der Waals surface area contributed by atoms with Gasteiger partial charge in [-0.05, 0) is 31.0 Å². The van der Waals surface area contributed by atoms with Crippen molar-refractivity contribution in [3.63, 3.8) is 0 Å². The fourth-order valence-corrected chi connectivity index (χ4v) is 3.43. The van der Waals surface area contributed by atoms with Crippen molar-refractivity contribution in [2.24, 2.45) is 0 Å². The number of nitrogens with zero attached hydrogens (tertiary/aromatic N) is 2. The molecule has 7 heteroatoms. The van der Waals surface area contributed by atoms with Crippen LogP contribution in [0.3, 0.4) is 0 Å². The third-order valence-electron chi connectivity index (χ3n) is 3.90. The Kier molecular flexibility index (Phi) is 4.75. The molecule has 2 N–H and O–H groups in total. The van der Waals surface area contributed by atoms with Gasteiger partial charge in [-0.1, -0.05) is 0 Å². The van der Waals surface area contributed by atoms with E-state index < -0.39 is 10.0 Å². The second-order valence-electron chi connectivity index (χ2n) is 5.46. The molecule has 21 heavy (non-hydrogen) atoms. The molecule has 0 amide bonds. The van der Waals surface area contributed by atoms with Crippen LogP contribution >= 0.6 is 0 Å². The molecule has 0 radical (unpaired) electrons. The molecule has 1 aliphatic rings. The minimum atomic E-state index is -3.45. The number of sulfonamides is 1. The van der Waals surface area contributed by atoms with Crippen LogP contribution in [0.4, 0.5) is 11.4 Å². The monoisotopic (exact) mass is 313 g/mol. The summed E-state index contributed by atoms with van der Waals surface area (Å²) in [6, 6.07) is 5.29. The second kappa shape index (κ2) is 6.21. The van der Waals surface area contributed by atoms with Gasteiger partial charge in [-0.25, -0.2) is 12.7 Å². The summed E-state index contributed by atoms with van der Waals surface area (Å²) in [6.07, 6.45) is 1.90. The first-order chi connectivity index (χ1) is 9.84. The summed E-state index contributed by atoms with van der Waals surface area (Å²) in [7, 11) is 1.55. The molecule has 0 aliphatic carbocycles. The zero-order valence-corrected chi connectivity index (χ0v) is 13.6. The summed E-state index contributed by atoms with van der Waals surface area (Å²) < 4.78 is 30.8. The van der Waals surface area contributed by atoms with Crippen LogP contribution in [0, 0.1) is 0 Å². The van der Waals surface area contributed by atoms with Crippen LogP contribution in [0.15, 0.2) is 23.1 Å². The van der Waals surface area contributed by atoms with Gasteiger partial charge in [0, 0.05) is 40.4 Å². The lowest BCUT2D eigenvalue weighted by molar-refractivity contribution is 0.0855. The highest BCUT2D eigenvalue weighted by Crippen LogP contribution is 2.29. The van der Waals surface area contributed by atoms with Gasteiger partial charge >= 0.3 is 0 Å². The lowest BCUT2D eigenvalue weighted by Crippen LogP contribution is -2.37. The average molecular weight is 313 g/mol. The fourth-order valence-electron chi connectivity index (χ4n) is 2.49. The Labute approximate surface area is 126 Å². The van der Waals surface area contributed by atoms with Crippen LogP contribution in [0.2, 0.25) is 0 Å². The molecule has 0 spiro atoms. The molecule has 1 heterocycles. The van der Waals surface area contributed by atoms with Crippen LogP contribution in [0.25, 0.3) is 0 Å². The van der Waals surface area contributed by atoms with Crippen molar-refractivity contribution in [3.8, 4) is 0 Å². The number of benzene rings is 1. The van der Waals surface area contributed by atoms with Crippen LogP contribution < -0.4 is 10.6 Å². The first-order valence-corrected chi connectivity index (χ1v) is 8.40. The van der Waals surface area contributed by atoms with E-state index in [0.29, 0.717) is 11.7 Å². The lowest BCUT2D eigenvalue weighted by Gasteiger charge is -2.33. The molecule has 1 aromatic rings. The first-order valence-electron chi connectivity index (χ1n) is 6.96. The zero-order chi connectivity index (χ0) is 15.6. The third-order valence-corrected chi connectivity index (χ3v) is 5.71. The maximum absolute atomic E-state index is 12.1. The summed E-state index contributed by atoms with van der Waals surface area (Å²) in [5, 5.41) is 0. The van der Waals surface area contributed by atoms with E-state index in [4.69, 9.17) is 10.5 Å². The number of nitrogen functional groups attached to an aromatic ring is 1. The van der Waals surface area contributed by atoms with Crippen molar-refractivity contribution in [2.45, 2.75) is 23.8 Å². The van der Waals surface area contributed by atoms with Gasteiger partial charge in [-0.15, -0.1) is 0 Å². The molecule has 6 nitrogen and oxygen atoms in total. The molecule has 1 fully saturated rings. The van der Waals surface area contributed by atoms with Gasteiger partial charge in [0.15, 0.2) is 0 Å². The molecule has 118 valence electrons. The van der Waals surface area contributed by atoms with Crippen molar-refractivity contribution in [1.82, 2.24) is 4.31 Å². The Balaban J connectivity index is 2.27. The Bertz CT molecular complexity index is 595. The molecular formula is C14H23N3O3S. The Morgan fingerprint density at radius 3 is 2.33 bits per heavy atom. The molecule has 1 aliphatic heterocycles. The van der Waals surface area contributed by atoms with Crippen molar-refractivity contribution in [1.29, 1.82) is 0 Å². The number of nitrogens with two attached hydrogens (primary N) is 1. The van der Waals surface area contributed by atoms with Crippen LogP contribution in [0.1, 0.15) is 12.8 Å². The Morgan fingerprint density at radius 2 is 1.81 bits per heavy atom. The highest BCUT2D eigenvalue weighted by atomic mass is 32.2. The van der Waals surface area contributed by atoms with Crippen molar-refractivity contribution in [3.05, 3.63) is 18.2 Å². The molecule has 0 unspecified atom stereocenters. The highest BCUT2D eigenvalue weighted by Gasteiger charge is 2.22. The topological polar surface area (TPSA) is 75.9 Å². The number of ether oxygens (including phenoxy) is 1. The average Bonchev–Trinajstić information content (AvgIpc) is 2.47. The number of anilines is 2. The zero-order valence-electron chi connectivity index (χ0n) is 12.7. The second-order valence-corrected chi connectivity index (χ2v) is 7.61. The van der Waals surface area contributed by atoms with Gasteiger partial charge in [0.05, 0.1) is 16.3 Å². The Morgan fingerprint density at radius 1 is 1.19 bits per heavy atom. The van der Waals surface area contributed by atoms with E-state index in [9.17, 15) is 8.42 Å². The molecular weight excluding hydrogens is 290 g/mol. The first kappa shape index (κ1) is 16.1. The number of hydrogen-bond donors (Lipinski definition) is 1. The van der Waals surface area contributed by atoms with Gasteiger partial charge < -0.3 is 15.4 Å². The van der Waals surface area contributed by atoms with E-state index >= 15 is 0 Å². The quantitative estimate of drug-likeness (QED) is 0.844. The van der Waals surface area contributed by atoms with Crippen molar-refractivity contribution < 1.29 is 13.2 Å². The van der Waals surface area contributed by atoms with Crippen molar-refractivity contribution in [2.75, 3.05) is 45.0 Å². The molecule has 0 saturated carbocycles. The highest BCUT2D eigenvalue weighted by molar-refractivity contribution is 7.89. The predicted molar refractivity (Wildman–Crippen MR) is 84.0 cm³/mol. The van der Waals surface area contributed by atoms with E-state index in [1.807, 2.05) is 7.05 Å².